The highest BCUT2D eigenvalue weighted by Crippen LogP contribution is 2.31. The van der Waals surface area contributed by atoms with Crippen LogP contribution in [-0.4, -0.2) is 36.0 Å². The highest BCUT2D eigenvalue weighted by Gasteiger charge is 2.43. The van der Waals surface area contributed by atoms with Crippen LogP contribution < -0.4 is 15.2 Å². The maximum Gasteiger partial charge on any atom is 0.402 e. The van der Waals surface area contributed by atoms with Crippen molar-refractivity contribution < 1.29 is 33.0 Å². The van der Waals surface area contributed by atoms with Gasteiger partial charge in [0, 0.05) is 0 Å². The molecule has 0 spiro atoms. The predicted molar refractivity (Wildman–Crippen MR) is 67.4 cm³/mol. The largest absolute Gasteiger partial charge is 0.493 e. The number of hydrogen-bond acceptors (Lipinski definition) is 5. The number of rotatable bonds is 6. The fourth-order valence-electron chi connectivity index (χ4n) is 1.52. The van der Waals surface area contributed by atoms with Crippen LogP contribution in [0, 0.1) is 5.92 Å². The number of nitrogens with two attached hydrogens (primary N) is 1. The van der Waals surface area contributed by atoms with Crippen LogP contribution in [-0.2, 0) is 6.61 Å². The highest BCUT2D eigenvalue weighted by molar-refractivity contribution is 5.83. The topological polar surface area (TPSA) is 97.3 Å². The smallest absolute Gasteiger partial charge is 0.402 e. The number of oxime groups is 1. The van der Waals surface area contributed by atoms with Gasteiger partial charge in [-0.15, -0.1) is 0 Å². The van der Waals surface area contributed by atoms with E-state index in [0.717, 1.165) is 0 Å². The molecule has 1 aromatic rings. The summed E-state index contributed by atoms with van der Waals surface area (Å²) < 4.78 is 48.2. The van der Waals surface area contributed by atoms with E-state index in [9.17, 15) is 13.2 Å². The minimum Gasteiger partial charge on any atom is -0.493 e. The Morgan fingerprint density at radius 2 is 2.05 bits per heavy atom. The molecule has 0 fully saturated rings. The quantitative estimate of drug-likeness (QED) is 0.320. The van der Waals surface area contributed by atoms with Crippen LogP contribution in [0.4, 0.5) is 13.2 Å². The van der Waals surface area contributed by atoms with Gasteiger partial charge in [-0.05, 0) is 17.7 Å². The average molecular weight is 308 g/mol. The first-order chi connectivity index (χ1) is 9.83. The van der Waals surface area contributed by atoms with E-state index >= 15 is 0 Å². The standard InChI is InChI=1S/C12H15F3N2O4/c1-20-10-4-7(5-18)2-3-9(10)21-6-8(11(16)17-19)12(13,14)15/h2-4,8,18-19H,5-6H2,1H3,(H2,16,17). The second-order valence-corrected chi connectivity index (χ2v) is 4.07. The van der Waals surface area contributed by atoms with Crippen LogP contribution in [0.1, 0.15) is 5.56 Å². The molecule has 1 unspecified atom stereocenters. The number of ether oxygens (including phenoxy) is 2. The van der Waals surface area contributed by atoms with Gasteiger partial charge in [-0.3, -0.25) is 0 Å². The zero-order valence-corrected chi connectivity index (χ0v) is 11.1. The first kappa shape index (κ1) is 16.9. The van der Waals surface area contributed by atoms with E-state index in [1.54, 1.807) is 0 Å². The van der Waals surface area contributed by atoms with Crippen molar-refractivity contribution in [1.82, 2.24) is 0 Å². The molecule has 118 valence electrons. The molecule has 9 heteroatoms. The number of methoxy groups -OCH3 is 1. The summed E-state index contributed by atoms with van der Waals surface area (Å²) in [6.45, 7) is -1.11. The van der Waals surface area contributed by atoms with E-state index in [1.807, 2.05) is 0 Å². The first-order valence-corrected chi connectivity index (χ1v) is 5.78. The van der Waals surface area contributed by atoms with Crippen molar-refractivity contribution in [2.45, 2.75) is 12.8 Å². The van der Waals surface area contributed by atoms with Gasteiger partial charge in [-0.1, -0.05) is 11.2 Å². The minimum absolute atomic E-state index is 0.0506. The van der Waals surface area contributed by atoms with Gasteiger partial charge >= 0.3 is 6.18 Å². The summed E-state index contributed by atoms with van der Waals surface area (Å²) in [7, 11) is 1.31. The van der Waals surface area contributed by atoms with Crippen LogP contribution in [0.2, 0.25) is 0 Å². The molecule has 0 aliphatic carbocycles. The fourth-order valence-corrected chi connectivity index (χ4v) is 1.52. The Bertz CT molecular complexity index is 506. The number of alkyl halides is 3. The monoisotopic (exact) mass is 308 g/mol. The van der Waals surface area contributed by atoms with E-state index in [2.05, 4.69) is 5.16 Å². The number of hydrogen-bond donors (Lipinski definition) is 3. The van der Waals surface area contributed by atoms with Gasteiger partial charge in [-0.2, -0.15) is 13.2 Å². The van der Waals surface area contributed by atoms with Crippen LogP contribution in [0.25, 0.3) is 0 Å². The van der Waals surface area contributed by atoms with Crippen molar-refractivity contribution in [2.75, 3.05) is 13.7 Å². The van der Waals surface area contributed by atoms with Gasteiger partial charge in [0.1, 0.15) is 12.5 Å². The number of nitrogens with zero attached hydrogens (tertiary/aromatic N) is 1. The van der Waals surface area contributed by atoms with Gasteiger partial charge in [-0.25, -0.2) is 0 Å². The van der Waals surface area contributed by atoms with E-state index in [1.165, 1.54) is 25.3 Å². The van der Waals surface area contributed by atoms with E-state index < -0.39 is 24.5 Å². The molecule has 0 amide bonds. The molecule has 0 radical (unpaired) electrons. The van der Waals surface area contributed by atoms with Crippen molar-refractivity contribution >= 4 is 5.84 Å². The summed E-state index contributed by atoms with van der Waals surface area (Å²) in [6, 6.07) is 4.27. The number of aliphatic hydroxyl groups excluding tert-OH is 1. The summed E-state index contributed by atoms with van der Waals surface area (Å²) >= 11 is 0. The molecule has 1 atom stereocenters. The normalized spacial score (nSPS) is 13.9. The van der Waals surface area contributed by atoms with Crippen LogP contribution in [0.5, 0.6) is 11.5 Å². The Morgan fingerprint density at radius 3 is 2.52 bits per heavy atom. The SMILES string of the molecule is COc1cc(CO)ccc1OCC(/C(N)=N/O)C(F)(F)F. The van der Waals surface area contributed by atoms with E-state index in [-0.39, 0.29) is 18.1 Å². The van der Waals surface area contributed by atoms with Crippen molar-refractivity contribution in [1.29, 1.82) is 0 Å². The maximum atomic E-state index is 12.7. The van der Waals surface area contributed by atoms with Crippen LogP contribution in [0.3, 0.4) is 0 Å². The van der Waals surface area contributed by atoms with Crippen molar-refractivity contribution in [3.8, 4) is 11.5 Å². The van der Waals surface area contributed by atoms with Crippen LogP contribution in [0.15, 0.2) is 23.4 Å². The third kappa shape index (κ3) is 4.42. The molecule has 0 bridgehead atoms. The van der Waals surface area contributed by atoms with Gasteiger partial charge in [0.05, 0.1) is 13.7 Å². The van der Waals surface area contributed by atoms with E-state index in [0.29, 0.717) is 5.56 Å². The average Bonchev–Trinajstić information content (AvgIpc) is 2.45. The van der Waals surface area contributed by atoms with Crippen molar-refractivity contribution in [2.24, 2.45) is 16.8 Å². The summed E-state index contributed by atoms with van der Waals surface area (Å²) in [5.74, 6) is -3.02. The highest BCUT2D eigenvalue weighted by atomic mass is 19.4. The van der Waals surface area contributed by atoms with Crippen LogP contribution >= 0.6 is 0 Å². The molecule has 0 saturated carbocycles. The molecular weight excluding hydrogens is 293 g/mol. The molecule has 0 aromatic heterocycles. The summed E-state index contributed by atoms with van der Waals surface area (Å²) in [5, 5.41) is 19.7. The summed E-state index contributed by atoms with van der Waals surface area (Å²) in [4.78, 5) is 0. The molecule has 21 heavy (non-hydrogen) atoms. The Kier molecular flexibility index (Phi) is 5.65. The number of aliphatic hydroxyl groups is 1. The number of benzene rings is 1. The van der Waals surface area contributed by atoms with E-state index in [4.69, 9.17) is 25.5 Å². The fraction of sp³-hybridized carbons (Fsp3) is 0.417. The lowest BCUT2D eigenvalue weighted by Gasteiger charge is -2.20. The molecule has 1 rings (SSSR count). The molecule has 0 aliphatic rings. The second-order valence-electron chi connectivity index (χ2n) is 4.07. The second kappa shape index (κ2) is 7.02. The number of amidine groups is 1. The lowest BCUT2D eigenvalue weighted by atomic mass is 10.1. The zero-order chi connectivity index (χ0) is 16.0. The predicted octanol–water partition coefficient (Wildman–Crippen LogP) is 1.49. The summed E-state index contributed by atoms with van der Waals surface area (Å²) in [6.07, 6.45) is -4.71. The third-order valence-corrected chi connectivity index (χ3v) is 2.68. The Morgan fingerprint density at radius 1 is 1.38 bits per heavy atom. The Balaban J connectivity index is 2.90. The van der Waals surface area contributed by atoms with Gasteiger partial charge < -0.3 is 25.5 Å². The lowest BCUT2D eigenvalue weighted by Crippen LogP contribution is -2.40. The zero-order valence-electron chi connectivity index (χ0n) is 11.1. The molecular formula is C12H15F3N2O4. The number of halogens is 3. The molecule has 0 heterocycles. The molecule has 6 nitrogen and oxygen atoms in total. The van der Waals surface area contributed by atoms with Gasteiger partial charge in [0.2, 0.25) is 0 Å². The molecule has 4 N–H and O–H groups in total. The molecule has 1 aromatic carbocycles. The maximum absolute atomic E-state index is 12.7. The third-order valence-electron chi connectivity index (χ3n) is 2.68. The Labute approximate surface area is 118 Å². The molecule has 0 aliphatic heterocycles. The summed E-state index contributed by atoms with van der Waals surface area (Å²) in [5.41, 5.74) is 5.54. The van der Waals surface area contributed by atoms with Gasteiger partial charge in [0.25, 0.3) is 0 Å². The Hall–Kier alpha value is -2.16. The van der Waals surface area contributed by atoms with Gasteiger partial charge in [0.15, 0.2) is 17.3 Å². The van der Waals surface area contributed by atoms with Crippen molar-refractivity contribution in [3.05, 3.63) is 23.8 Å². The van der Waals surface area contributed by atoms with Crippen molar-refractivity contribution in [3.63, 3.8) is 0 Å². The molecule has 0 saturated heterocycles. The minimum atomic E-state index is -4.71. The lowest BCUT2D eigenvalue weighted by molar-refractivity contribution is -0.162. The first-order valence-electron chi connectivity index (χ1n) is 5.78.